The molecule has 11 heavy (non-hydrogen) atoms. The van der Waals surface area contributed by atoms with Gasteiger partial charge in [0.05, 0.1) is 6.04 Å². The van der Waals surface area contributed by atoms with Gasteiger partial charge in [-0.05, 0) is 25.7 Å². The number of rotatable bonds is 1. The summed E-state index contributed by atoms with van der Waals surface area (Å²) >= 11 is 0. The van der Waals surface area contributed by atoms with Crippen LogP contribution in [0.2, 0.25) is 0 Å². The second kappa shape index (κ2) is 3.57. The maximum absolute atomic E-state index is 5.72. The van der Waals surface area contributed by atoms with Crippen LogP contribution in [-0.2, 0) is 0 Å². The molecule has 0 aromatic carbocycles. The Bertz CT molecular complexity index is 143. The van der Waals surface area contributed by atoms with E-state index in [-0.39, 0.29) is 5.96 Å². The lowest BCUT2D eigenvalue weighted by molar-refractivity contribution is 0.396. The van der Waals surface area contributed by atoms with Crippen molar-refractivity contribution in [3.8, 4) is 0 Å². The lowest BCUT2D eigenvalue weighted by Crippen LogP contribution is -2.31. The third kappa shape index (κ3) is 2.76. The Morgan fingerprint density at radius 2 is 1.64 bits per heavy atom. The van der Waals surface area contributed by atoms with E-state index in [1.54, 1.807) is 0 Å². The Kier molecular flexibility index (Phi) is 2.70. The number of aliphatic imine (C=N–C) groups is 1. The van der Waals surface area contributed by atoms with E-state index in [9.17, 15) is 0 Å². The molecule has 1 aliphatic rings. The van der Waals surface area contributed by atoms with Gasteiger partial charge >= 0.3 is 0 Å². The maximum atomic E-state index is 5.72. The van der Waals surface area contributed by atoms with E-state index in [1.807, 2.05) is 0 Å². The van der Waals surface area contributed by atoms with Gasteiger partial charge in [-0.1, -0.05) is 0 Å². The van der Waals surface area contributed by atoms with Crippen molar-refractivity contribution in [2.24, 2.45) is 22.2 Å². The molecule has 0 saturated heterocycles. The van der Waals surface area contributed by atoms with Crippen LogP contribution in [-0.4, -0.2) is 18.0 Å². The molecule has 0 bridgehead atoms. The summed E-state index contributed by atoms with van der Waals surface area (Å²) in [5.74, 6) is 0.200. The number of hydrogen-bond acceptors (Lipinski definition) is 2. The summed E-state index contributed by atoms with van der Waals surface area (Å²) in [6, 6.07) is 0.681. The lowest BCUT2D eigenvalue weighted by Gasteiger charge is -2.22. The summed E-state index contributed by atoms with van der Waals surface area (Å²) < 4.78 is 0. The van der Waals surface area contributed by atoms with Gasteiger partial charge in [0.2, 0.25) is 0 Å². The minimum Gasteiger partial charge on any atom is -0.370 e. The van der Waals surface area contributed by atoms with Crippen molar-refractivity contribution in [1.29, 1.82) is 0 Å². The molecular weight excluding hydrogens is 140 g/mol. The summed E-state index contributed by atoms with van der Waals surface area (Å²) in [5, 5.41) is 0. The first-order valence-electron chi connectivity index (χ1n) is 4.03. The summed E-state index contributed by atoms with van der Waals surface area (Å²) in [4.78, 5) is 4.09. The average Bonchev–Trinajstić information content (AvgIpc) is 1.93. The standard InChI is InChI=1S/C7H16N4/c8-5-1-3-6(4-2-5)11-7(9)10/h5-6H,1-4,8H2,(H4,9,10,11). The van der Waals surface area contributed by atoms with Crippen LogP contribution in [0.4, 0.5) is 0 Å². The van der Waals surface area contributed by atoms with Crippen LogP contribution in [0.25, 0.3) is 0 Å². The average molecular weight is 156 g/mol. The monoisotopic (exact) mass is 156 g/mol. The molecule has 0 aromatic heterocycles. The van der Waals surface area contributed by atoms with Crippen molar-refractivity contribution < 1.29 is 0 Å². The Hall–Kier alpha value is -0.770. The summed E-state index contributed by atoms with van der Waals surface area (Å²) in [7, 11) is 0. The molecule has 6 N–H and O–H groups in total. The van der Waals surface area contributed by atoms with Crippen LogP contribution in [0, 0.1) is 0 Å². The Labute approximate surface area is 66.8 Å². The second-order valence-corrected chi connectivity index (χ2v) is 3.12. The van der Waals surface area contributed by atoms with Crippen LogP contribution in [0.3, 0.4) is 0 Å². The molecule has 0 aliphatic heterocycles. The molecular formula is C7H16N4. The van der Waals surface area contributed by atoms with E-state index in [0.717, 1.165) is 25.7 Å². The van der Waals surface area contributed by atoms with Crippen molar-refractivity contribution in [2.75, 3.05) is 0 Å². The molecule has 0 unspecified atom stereocenters. The fourth-order valence-electron chi connectivity index (χ4n) is 1.44. The third-order valence-electron chi connectivity index (χ3n) is 2.07. The highest BCUT2D eigenvalue weighted by Crippen LogP contribution is 2.19. The normalized spacial score (nSPS) is 31.4. The van der Waals surface area contributed by atoms with Crippen molar-refractivity contribution in [1.82, 2.24) is 0 Å². The van der Waals surface area contributed by atoms with E-state index in [0.29, 0.717) is 12.1 Å². The Morgan fingerprint density at radius 3 is 2.09 bits per heavy atom. The largest absolute Gasteiger partial charge is 0.370 e. The van der Waals surface area contributed by atoms with E-state index in [4.69, 9.17) is 17.2 Å². The smallest absolute Gasteiger partial charge is 0.186 e. The minimum atomic E-state index is 0.200. The first-order valence-corrected chi connectivity index (χ1v) is 4.03. The number of nitrogens with two attached hydrogens (primary N) is 3. The summed E-state index contributed by atoms with van der Waals surface area (Å²) in [6.45, 7) is 0. The molecule has 0 heterocycles. The predicted octanol–water partition coefficient (Wildman–Crippen LogP) is -0.470. The molecule has 0 amide bonds. The summed E-state index contributed by atoms with van der Waals surface area (Å²) in [6.07, 6.45) is 4.14. The van der Waals surface area contributed by atoms with Gasteiger partial charge in [-0.2, -0.15) is 0 Å². The van der Waals surface area contributed by atoms with Crippen LogP contribution in [0.5, 0.6) is 0 Å². The first kappa shape index (κ1) is 8.33. The zero-order valence-corrected chi connectivity index (χ0v) is 6.66. The van der Waals surface area contributed by atoms with Crippen molar-refractivity contribution in [3.05, 3.63) is 0 Å². The molecule has 1 aliphatic carbocycles. The quantitative estimate of drug-likeness (QED) is 0.354. The lowest BCUT2D eigenvalue weighted by atomic mass is 9.92. The van der Waals surface area contributed by atoms with Gasteiger partial charge < -0.3 is 17.2 Å². The molecule has 4 heteroatoms. The van der Waals surface area contributed by atoms with E-state index >= 15 is 0 Å². The van der Waals surface area contributed by atoms with Gasteiger partial charge in [-0.3, -0.25) is 4.99 Å². The third-order valence-corrected chi connectivity index (χ3v) is 2.07. The van der Waals surface area contributed by atoms with E-state index < -0.39 is 0 Å². The Morgan fingerprint density at radius 1 is 1.09 bits per heavy atom. The zero-order chi connectivity index (χ0) is 8.27. The fourth-order valence-corrected chi connectivity index (χ4v) is 1.44. The predicted molar refractivity (Wildman–Crippen MR) is 46.0 cm³/mol. The number of guanidine groups is 1. The molecule has 64 valence electrons. The SMILES string of the molecule is NC(N)=NC1CCC(N)CC1. The fraction of sp³-hybridized carbons (Fsp3) is 0.857. The van der Waals surface area contributed by atoms with E-state index in [1.165, 1.54) is 0 Å². The van der Waals surface area contributed by atoms with E-state index in [2.05, 4.69) is 4.99 Å². The second-order valence-electron chi connectivity index (χ2n) is 3.12. The highest BCUT2D eigenvalue weighted by atomic mass is 15.0. The molecule has 0 radical (unpaired) electrons. The molecule has 4 nitrogen and oxygen atoms in total. The number of nitrogens with zero attached hydrogens (tertiary/aromatic N) is 1. The maximum Gasteiger partial charge on any atom is 0.186 e. The number of hydrogen-bond donors (Lipinski definition) is 3. The van der Waals surface area contributed by atoms with Gasteiger partial charge in [0.15, 0.2) is 5.96 Å². The van der Waals surface area contributed by atoms with Crippen LogP contribution < -0.4 is 17.2 Å². The van der Waals surface area contributed by atoms with Crippen LogP contribution >= 0.6 is 0 Å². The van der Waals surface area contributed by atoms with Crippen molar-refractivity contribution >= 4 is 5.96 Å². The topological polar surface area (TPSA) is 90.4 Å². The molecule has 0 aromatic rings. The Balaban J connectivity index is 2.34. The molecule has 1 fully saturated rings. The molecule has 1 saturated carbocycles. The molecule has 1 rings (SSSR count). The highest BCUT2D eigenvalue weighted by molar-refractivity contribution is 5.75. The highest BCUT2D eigenvalue weighted by Gasteiger charge is 2.17. The first-order chi connectivity index (χ1) is 5.18. The zero-order valence-electron chi connectivity index (χ0n) is 6.66. The van der Waals surface area contributed by atoms with Crippen LogP contribution in [0.1, 0.15) is 25.7 Å². The molecule has 0 atom stereocenters. The van der Waals surface area contributed by atoms with Crippen LogP contribution in [0.15, 0.2) is 4.99 Å². The van der Waals surface area contributed by atoms with Gasteiger partial charge in [0, 0.05) is 6.04 Å². The van der Waals surface area contributed by atoms with Gasteiger partial charge in [-0.15, -0.1) is 0 Å². The van der Waals surface area contributed by atoms with Gasteiger partial charge in [0.1, 0.15) is 0 Å². The van der Waals surface area contributed by atoms with Crippen molar-refractivity contribution in [3.63, 3.8) is 0 Å². The minimum absolute atomic E-state index is 0.200. The van der Waals surface area contributed by atoms with Gasteiger partial charge in [0.25, 0.3) is 0 Å². The summed E-state index contributed by atoms with van der Waals surface area (Å²) in [5.41, 5.74) is 16.2. The molecule has 0 spiro atoms. The van der Waals surface area contributed by atoms with Gasteiger partial charge in [-0.25, -0.2) is 0 Å². The van der Waals surface area contributed by atoms with Crippen molar-refractivity contribution in [2.45, 2.75) is 37.8 Å².